The normalized spacial score (nSPS) is 35.2. The van der Waals surface area contributed by atoms with Gasteiger partial charge in [-0.15, -0.1) is 0 Å². The van der Waals surface area contributed by atoms with Gasteiger partial charge in [-0.2, -0.15) is 0 Å². The van der Waals surface area contributed by atoms with Gasteiger partial charge in [-0.1, -0.05) is 127 Å². The van der Waals surface area contributed by atoms with Gasteiger partial charge >= 0.3 is 37.9 Å². The van der Waals surface area contributed by atoms with Crippen LogP contribution in [0.5, 0.6) is 0 Å². The molecule has 0 N–H and O–H groups in total. The number of rotatable bonds is 7. The number of allylic oxidation sites excluding steroid dienone is 1. The van der Waals surface area contributed by atoms with Gasteiger partial charge in [-0.3, -0.25) is 0 Å². The van der Waals surface area contributed by atoms with E-state index in [1.807, 2.05) is 0 Å². The monoisotopic (exact) mass is 708 g/mol. The molecule has 0 aromatic heterocycles. The Hall–Kier alpha value is 0.857. The molecule has 5 aliphatic rings. The summed E-state index contributed by atoms with van der Waals surface area (Å²) in [7, 11) is 7.33. The molecule has 230 valence electrons. The third-order valence-corrected chi connectivity index (χ3v) is 34.3. The number of hydrogen-bond donors (Lipinski definition) is 0. The van der Waals surface area contributed by atoms with Gasteiger partial charge in [0.05, 0.1) is 0 Å². The van der Waals surface area contributed by atoms with Crippen molar-refractivity contribution >= 4 is 38.3 Å². The Morgan fingerprint density at radius 3 is 2.29 bits per heavy atom. The molecule has 0 aliphatic heterocycles. The van der Waals surface area contributed by atoms with E-state index < -0.39 is 36.0 Å². The summed E-state index contributed by atoms with van der Waals surface area (Å²) in [6, 6.07) is 9.40. The first-order chi connectivity index (χ1) is 18.7. The summed E-state index contributed by atoms with van der Waals surface area (Å²) in [5, 5.41) is 0. The van der Waals surface area contributed by atoms with E-state index in [1.54, 1.807) is 50.5 Å². The zero-order valence-corrected chi connectivity index (χ0v) is 33.4. The topological polar surface area (TPSA) is 0 Å². The van der Waals surface area contributed by atoms with Crippen molar-refractivity contribution in [3.63, 3.8) is 0 Å². The Labute approximate surface area is 276 Å². The van der Waals surface area contributed by atoms with Crippen LogP contribution in [0, 0.1) is 50.4 Å². The Balaban J connectivity index is 0.000000887. The van der Waals surface area contributed by atoms with Crippen molar-refractivity contribution in [3.8, 4) is 0 Å². The fourth-order valence-corrected chi connectivity index (χ4v) is 25.0. The first-order valence-corrected chi connectivity index (χ1v) is 30.0. The molecule has 1 aromatic carbocycles. The van der Waals surface area contributed by atoms with Crippen molar-refractivity contribution in [2.75, 3.05) is 0 Å². The van der Waals surface area contributed by atoms with Crippen molar-refractivity contribution < 1.29 is 20.8 Å². The second-order valence-corrected chi connectivity index (χ2v) is 35.1. The van der Waals surface area contributed by atoms with Gasteiger partial charge in [0.15, 0.2) is 0 Å². The average molecular weight is 711 g/mol. The molecule has 0 saturated heterocycles. The van der Waals surface area contributed by atoms with Crippen LogP contribution in [0.4, 0.5) is 0 Å². The summed E-state index contributed by atoms with van der Waals surface area (Å²) >= 11 is -0.826. The number of unbranched alkanes of at least 4 members (excludes halogenated alkanes) is 1. The molecule has 0 spiro atoms. The molecule has 0 bridgehead atoms. The first kappa shape index (κ1) is 36.3. The Kier molecular flexibility index (Phi) is 13.7. The van der Waals surface area contributed by atoms with Gasteiger partial charge < -0.3 is 14.9 Å². The molecule has 0 heterocycles. The zero-order chi connectivity index (χ0) is 27.8. The van der Waals surface area contributed by atoms with Crippen LogP contribution in [0.1, 0.15) is 101 Å². The maximum absolute atomic E-state index is 4.93. The van der Waals surface area contributed by atoms with Gasteiger partial charge in [0.2, 0.25) is 0 Å². The molecule has 0 amide bonds. The van der Waals surface area contributed by atoms with Crippen LogP contribution < -0.4 is 0 Å². The van der Waals surface area contributed by atoms with Crippen LogP contribution in [-0.4, -0.2) is 15.2 Å². The molecule has 4 saturated carbocycles. The van der Waals surface area contributed by atoms with Gasteiger partial charge in [0, 0.05) is 21.1 Å². The van der Waals surface area contributed by atoms with E-state index in [-0.39, 0.29) is 14.9 Å². The number of fused-ring (bicyclic) bond motifs is 3. The number of benzene rings is 1. The summed E-state index contributed by atoms with van der Waals surface area (Å²) in [6.07, 6.45) is 23.6. The van der Waals surface area contributed by atoms with Crippen molar-refractivity contribution in [1.29, 1.82) is 0 Å². The Morgan fingerprint density at radius 2 is 1.56 bits per heavy atom. The SMILES string of the molecule is CCCCC1CCC([Si](C)(C)[Si](C)(C)C2CCC3C2CC2CCCC2C3C2C=Cc3ccccc32)C1.[CH3-].[CH3-].[Cl][Zr+2][Cl]. The van der Waals surface area contributed by atoms with E-state index in [9.17, 15) is 0 Å². The third kappa shape index (κ3) is 7.00. The van der Waals surface area contributed by atoms with E-state index in [1.165, 1.54) is 37.7 Å². The van der Waals surface area contributed by atoms with Gasteiger partial charge in [-0.25, -0.2) is 0 Å². The van der Waals surface area contributed by atoms with Crippen LogP contribution in [0.3, 0.4) is 0 Å². The van der Waals surface area contributed by atoms with Crippen molar-refractivity contribution in [1.82, 2.24) is 0 Å². The van der Waals surface area contributed by atoms with Crippen LogP contribution in [0.25, 0.3) is 6.08 Å². The third-order valence-electron chi connectivity index (χ3n) is 13.5. The van der Waals surface area contributed by atoms with E-state index in [4.69, 9.17) is 17.0 Å². The van der Waals surface area contributed by atoms with Crippen molar-refractivity contribution in [3.05, 3.63) is 56.3 Å². The summed E-state index contributed by atoms with van der Waals surface area (Å²) in [5.41, 5.74) is 5.44. The first-order valence-electron chi connectivity index (χ1n) is 16.5. The van der Waals surface area contributed by atoms with Crippen LogP contribution in [0.15, 0.2) is 30.3 Å². The van der Waals surface area contributed by atoms with Gasteiger partial charge in [0.25, 0.3) is 0 Å². The average Bonchev–Trinajstić information content (AvgIpc) is 3.72. The molecular formula is C36H60Cl2Si2Zr. The summed E-state index contributed by atoms with van der Waals surface area (Å²) in [4.78, 5) is 0. The zero-order valence-electron chi connectivity index (χ0n) is 27.4. The van der Waals surface area contributed by atoms with Crippen LogP contribution in [-0.2, 0) is 20.8 Å². The summed E-state index contributed by atoms with van der Waals surface area (Å²) in [5.74, 6) is 6.82. The molecule has 5 heteroatoms. The minimum atomic E-state index is -1.30. The second-order valence-electron chi connectivity index (χ2n) is 15.2. The molecule has 0 radical (unpaired) electrons. The van der Waals surface area contributed by atoms with E-state index in [0.29, 0.717) is 5.92 Å². The molecular weight excluding hydrogens is 651 g/mol. The quantitative estimate of drug-likeness (QED) is 0.195. The fourth-order valence-electron chi connectivity index (χ4n) is 11.0. The molecule has 0 nitrogen and oxygen atoms in total. The molecule has 9 unspecified atom stereocenters. The molecule has 1 aromatic rings. The Morgan fingerprint density at radius 1 is 0.829 bits per heavy atom. The van der Waals surface area contributed by atoms with Crippen molar-refractivity contribution in [2.45, 2.75) is 127 Å². The van der Waals surface area contributed by atoms with E-state index >= 15 is 0 Å². The van der Waals surface area contributed by atoms with Gasteiger partial charge in [0.1, 0.15) is 0 Å². The molecule has 5 aliphatic carbocycles. The second kappa shape index (κ2) is 15.4. The van der Waals surface area contributed by atoms with E-state index in [0.717, 1.165) is 46.6 Å². The minimum absolute atomic E-state index is 0. The van der Waals surface area contributed by atoms with E-state index in [2.05, 4.69) is 69.5 Å². The standard InChI is InChI=1S/C34H54Si2.2CH3.2ClH.Zr/c1-6-7-11-24-16-18-27(22-24)35(2,3)36(4,5)33-21-20-31-32(33)23-26-13-10-15-29(26)34(31)30-19-17-25-12-8-9-14-28(25)30;;;;;/h8-9,12,14,17,19,24,26-27,29-34H,6-7,10-11,13,15-16,18,20-23H2,1-5H3;2*1H3;2*1H;/q;2*-1;;;+4/p-2. The predicted octanol–water partition coefficient (Wildman–Crippen LogP) is 12.8. The number of hydrogen-bond acceptors (Lipinski definition) is 0. The van der Waals surface area contributed by atoms with Gasteiger partial charge in [-0.05, 0) is 77.0 Å². The summed E-state index contributed by atoms with van der Waals surface area (Å²) < 4.78 is 0. The maximum atomic E-state index is 4.93. The Bertz CT molecular complexity index is 994. The molecule has 4 fully saturated rings. The fraction of sp³-hybridized carbons (Fsp3) is 0.722. The molecule has 9 atom stereocenters. The van der Waals surface area contributed by atoms with Crippen LogP contribution in [0.2, 0.25) is 37.3 Å². The summed E-state index contributed by atoms with van der Waals surface area (Å²) in [6.45, 7) is 14.0. The predicted molar refractivity (Wildman–Crippen MR) is 187 cm³/mol. The number of halogens is 2. The van der Waals surface area contributed by atoms with Crippen molar-refractivity contribution in [2.24, 2.45) is 35.5 Å². The molecule has 41 heavy (non-hydrogen) atoms. The van der Waals surface area contributed by atoms with Crippen LogP contribution >= 0.6 is 17.0 Å². The molecule has 6 rings (SSSR count).